The van der Waals surface area contributed by atoms with Crippen molar-refractivity contribution in [1.29, 1.82) is 0 Å². The van der Waals surface area contributed by atoms with Crippen molar-refractivity contribution < 1.29 is 18.8 Å². The largest absolute Gasteiger partial charge is 0.306 e. The van der Waals surface area contributed by atoms with Crippen molar-refractivity contribution in [3.05, 3.63) is 35.5 Å². The molecule has 2 saturated heterocycles. The highest BCUT2D eigenvalue weighted by molar-refractivity contribution is 6.27. The summed E-state index contributed by atoms with van der Waals surface area (Å²) in [5.41, 5.74) is 0.470. The Hall–Kier alpha value is -2.87. The molecule has 0 aliphatic carbocycles. The quantitative estimate of drug-likeness (QED) is 0.784. The number of anilines is 1. The van der Waals surface area contributed by atoms with Crippen LogP contribution in [-0.2, 0) is 15.3 Å². The van der Waals surface area contributed by atoms with E-state index in [-0.39, 0.29) is 24.7 Å². The van der Waals surface area contributed by atoms with Crippen LogP contribution < -0.4 is 10.2 Å². The van der Waals surface area contributed by atoms with E-state index in [9.17, 15) is 14.4 Å². The standard InChI is InChI=1S/C21H21FN4O3/c1-25-10-7-21(22,8-11-25)13-3-2-12-17-14(6-9-23-18(13)17)26(20(12)29)15-4-5-16(27)24-19(15)28/h2-3,6,9,15H,4-5,7-8,10-11H2,1H3,(H,24,27,28). The number of benzene rings is 1. The molecule has 0 saturated carbocycles. The van der Waals surface area contributed by atoms with E-state index in [1.807, 2.05) is 7.05 Å². The zero-order valence-electron chi connectivity index (χ0n) is 16.1. The highest BCUT2D eigenvalue weighted by atomic mass is 19.1. The number of hydrogen-bond donors (Lipinski definition) is 1. The van der Waals surface area contributed by atoms with Crippen LogP contribution in [0.5, 0.6) is 0 Å². The number of amides is 3. The Kier molecular flexibility index (Phi) is 3.96. The van der Waals surface area contributed by atoms with Crippen molar-refractivity contribution in [2.24, 2.45) is 0 Å². The minimum absolute atomic E-state index is 0.178. The van der Waals surface area contributed by atoms with Crippen LogP contribution in [0.4, 0.5) is 10.1 Å². The summed E-state index contributed by atoms with van der Waals surface area (Å²) in [6, 6.07) is 4.25. The lowest BCUT2D eigenvalue weighted by atomic mass is 9.84. The fourth-order valence-electron chi connectivity index (χ4n) is 4.71. The number of carbonyl (C=O) groups excluding carboxylic acids is 3. The predicted octanol–water partition coefficient (Wildman–Crippen LogP) is 1.89. The molecule has 0 radical (unpaired) electrons. The molecule has 0 spiro atoms. The van der Waals surface area contributed by atoms with Gasteiger partial charge in [-0.25, -0.2) is 4.39 Å². The summed E-state index contributed by atoms with van der Waals surface area (Å²) in [7, 11) is 1.97. The summed E-state index contributed by atoms with van der Waals surface area (Å²) < 4.78 is 15.9. The third-order valence-corrected chi connectivity index (χ3v) is 6.36. The number of carbonyl (C=O) groups is 3. The van der Waals surface area contributed by atoms with Gasteiger partial charge in [-0.1, -0.05) is 6.07 Å². The number of rotatable bonds is 2. The number of alkyl halides is 1. The second-order valence-corrected chi connectivity index (χ2v) is 8.13. The van der Waals surface area contributed by atoms with Crippen LogP contribution in [0.1, 0.15) is 41.6 Å². The highest BCUT2D eigenvalue weighted by Crippen LogP contribution is 2.45. The molecule has 3 aliphatic rings. The molecule has 1 atom stereocenters. The Labute approximate surface area is 166 Å². The van der Waals surface area contributed by atoms with Crippen molar-refractivity contribution in [3.8, 4) is 0 Å². The molecule has 4 heterocycles. The van der Waals surface area contributed by atoms with Crippen LogP contribution in [0.3, 0.4) is 0 Å². The number of pyridine rings is 1. The minimum atomic E-state index is -1.50. The summed E-state index contributed by atoms with van der Waals surface area (Å²) in [4.78, 5) is 45.0. The van der Waals surface area contributed by atoms with E-state index in [1.165, 1.54) is 4.90 Å². The molecule has 29 heavy (non-hydrogen) atoms. The van der Waals surface area contributed by atoms with Crippen LogP contribution in [0, 0.1) is 0 Å². The number of piperidine rings is 2. The second-order valence-electron chi connectivity index (χ2n) is 8.13. The average Bonchev–Trinajstić information content (AvgIpc) is 2.98. The molecule has 3 amide bonds. The number of halogens is 1. The molecule has 5 rings (SSSR count). The van der Waals surface area contributed by atoms with Crippen molar-refractivity contribution in [1.82, 2.24) is 15.2 Å². The molecular formula is C21H21FN4O3. The van der Waals surface area contributed by atoms with Gasteiger partial charge in [-0.15, -0.1) is 0 Å². The molecule has 2 fully saturated rings. The van der Waals surface area contributed by atoms with Crippen molar-refractivity contribution in [2.45, 2.75) is 37.4 Å². The lowest BCUT2D eigenvalue weighted by Gasteiger charge is -2.35. The topological polar surface area (TPSA) is 82.6 Å². The van der Waals surface area contributed by atoms with Gasteiger partial charge in [0.1, 0.15) is 11.7 Å². The minimum Gasteiger partial charge on any atom is -0.306 e. The van der Waals surface area contributed by atoms with Gasteiger partial charge < -0.3 is 4.90 Å². The van der Waals surface area contributed by atoms with Crippen LogP contribution in [0.25, 0.3) is 10.9 Å². The zero-order valence-corrected chi connectivity index (χ0v) is 16.1. The second kappa shape index (κ2) is 6.32. The van der Waals surface area contributed by atoms with Gasteiger partial charge in [-0.05, 0) is 38.4 Å². The van der Waals surface area contributed by atoms with Gasteiger partial charge in [0, 0.05) is 36.7 Å². The molecule has 0 bridgehead atoms. The normalized spacial score (nSPS) is 24.3. The summed E-state index contributed by atoms with van der Waals surface area (Å²) >= 11 is 0. The van der Waals surface area contributed by atoms with Gasteiger partial charge in [0.25, 0.3) is 5.91 Å². The molecule has 2 aromatic rings. The summed E-state index contributed by atoms with van der Waals surface area (Å²) in [6.07, 6.45) is 2.74. The van der Waals surface area contributed by atoms with Crippen molar-refractivity contribution >= 4 is 34.3 Å². The van der Waals surface area contributed by atoms with Crippen LogP contribution >= 0.6 is 0 Å². The first-order valence-electron chi connectivity index (χ1n) is 9.86. The maximum atomic E-state index is 15.9. The molecule has 1 N–H and O–H groups in total. The van der Waals surface area contributed by atoms with Gasteiger partial charge in [0.05, 0.1) is 16.8 Å². The van der Waals surface area contributed by atoms with E-state index < -0.39 is 17.6 Å². The molecule has 8 heteroatoms. The molecule has 150 valence electrons. The Morgan fingerprint density at radius 1 is 1.17 bits per heavy atom. The van der Waals surface area contributed by atoms with Gasteiger partial charge >= 0.3 is 0 Å². The number of likely N-dealkylation sites (tertiary alicyclic amines) is 1. The third-order valence-electron chi connectivity index (χ3n) is 6.36. The average molecular weight is 396 g/mol. The van der Waals surface area contributed by atoms with Gasteiger partial charge in [-0.2, -0.15) is 0 Å². The SMILES string of the molecule is CN1CCC(F)(c2ccc3c4c(ccnc24)N(C2CCC(=O)NC2=O)C3=O)CC1. The lowest BCUT2D eigenvalue weighted by molar-refractivity contribution is -0.134. The first-order chi connectivity index (χ1) is 13.9. The first kappa shape index (κ1) is 18.2. The van der Waals surface area contributed by atoms with Crippen LogP contribution in [-0.4, -0.2) is 53.8 Å². The number of aromatic nitrogens is 1. The van der Waals surface area contributed by atoms with E-state index in [2.05, 4.69) is 15.2 Å². The third kappa shape index (κ3) is 2.66. The van der Waals surface area contributed by atoms with Crippen LogP contribution in [0.15, 0.2) is 24.4 Å². The number of hydrogen-bond acceptors (Lipinski definition) is 5. The molecule has 1 aromatic carbocycles. The maximum Gasteiger partial charge on any atom is 0.259 e. The highest BCUT2D eigenvalue weighted by Gasteiger charge is 2.43. The smallest absolute Gasteiger partial charge is 0.259 e. The predicted molar refractivity (Wildman–Crippen MR) is 104 cm³/mol. The summed E-state index contributed by atoms with van der Waals surface area (Å²) in [5, 5.41) is 2.90. The van der Waals surface area contributed by atoms with Gasteiger partial charge in [0.15, 0.2) is 0 Å². The Morgan fingerprint density at radius 2 is 1.93 bits per heavy atom. The summed E-state index contributed by atoms with van der Waals surface area (Å²) in [5.74, 6) is -1.13. The van der Waals surface area contributed by atoms with Crippen molar-refractivity contribution in [2.75, 3.05) is 25.0 Å². The maximum absolute atomic E-state index is 15.9. The fraction of sp³-hybridized carbons (Fsp3) is 0.429. The number of nitrogens with zero attached hydrogens (tertiary/aromatic N) is 3. The Morgan fingerprint density at radius 3 is 2.66 bits per heavy atom. The summed E-state index contributed by atoms with van der Waals surface area (Å²) in [6.45, 7) is 1.31. The van der Waals surface area contributed by atoms with Gasteiger partial charge in [0.2, 0.25) is 11.8 Å². The first-order valence-corrected chi connectivity index (χ1v) is 9.86. The Balaban J connectivity index is 1.62. The van der Waals surface area contributed by atoms with E-state index in [0.29, 0.717) is 53.6 Å². The zero-order chi connectivity index (χ0) is 20.3. The van der Waals surface area contributed by atoms with E-state index in [4.69, 9.17) is 0 Å². The number of imide groups is 1. The van der Waals surface area contributed by atoms with E-state index >= 15 is 4.39 Å². The molecule has 1 aromatic heterocycles. The molecular weight excluding hydrogens is 375 g/mol. The van der Waals surface area contributed by atoms with E-state index in [0.717, 1.165) is 0 Å². The van der Waals surface area contributed by atoms with Crippen LogP contribution in [0.2, 0.25) is 0 Å². The monoisotopic (exact) mass is 396 g/mol. The molecule has 7 nitrogen and oxygen atoms in total. The van der Waals surface area contributed by atoms with E-state index in [1.54, 1.807) is 24.4 Å². The lowest BCUT2D eigenvalue weighted by Crippen LogP contribution is -2.53. The molecule has 1 unspecified atom stereocenters. The Bertz CT molecular complexity index is 1060. The molecule has 3 aliphatic heterocycles. The van der Waals surface area contributed by atoms with Crippen molar-refractivity contribution in [3.63, 3.8) is 0 Å². The number of nitrogens with one attached hydrogen (secondary N) is 1. The fourth-order valence-corrected chi connectivity index (χ4v) is 4.71. The van der Waals surface area contributed by atoms with Gasteiger partial charge in [-0.3, -0.25) is 29.6 Å².